The number of ether oxygens (including phenoxy) is 1. The minimum atomic E-state index is 0.242. The summed E-state index contributed by atoms with van der Waals surface area (Å²) in [6.07, 6.45) is 2.46. The molecule has 1 fully saturated rings. The number of aryl methyl sites for hydroxylation is 1. The Bertz CT molecular complexity index is 414. The molecule has 0 radical (unpaired) electrons. The average Bonchev–Trinajstić information content (AvgIpc) is 2.37. The third-order valence-electron chi connectivity index (χ3n) is 3.23. The van der Waals surface area contributed by atoms with Gasteiger partial charge in [0.05, 0.1) is 12.2 Å². The molecule has 2 rings (SSSR count). The van der Waals surface area contributed by atoms with Crippen molar-refractivity contribution in [3.63, 3.8) is 0 Å². The standard InChI is InChI=1S/C14H24N4O/c1-5-6-12-16-13(15-4)7-14(17-12)18-8-10(2)19-11(3)9-18/h7,10-11H,5-6,8-9H2,1-4H3,(H,15,16,17). The summed E-state index contributed by atoms with van der Waals surface area (Å²) in [5.74, 6) is 2.81. The largest absolute Gasteiger partial charge is 0.373 e. The lowest BCUT2D eigenvalue weighted by atomic mass is 10.2. The first-order valence-electron chi connectivity index (χ1n) is 7.08. The van der Waals surface area contributed by atoms with Gasteiger partial charge in [-0.3, -0.25) is 0 Å². The minimum absolute atomic E-state index is 0.242. The van der Waals surface area contributed by atoms with E-state index in [9.17, 15) is 0 Å². The highest BCUT2D eigenvalue weighted by atomic mass is 16.5. The van der Waals surface area contributed by atoms with E-state index in [2.05, 4.69) is 41.0 Å². The fraction of sp³-hybridized carbons (Fsp3) is 0.714. The molecule has 5 heteroatoms. The molecule has 2 atom stereocenters. The second-order valence-electron chi connectivity index (χ2n) is 5.19. The SMILES string of the molecule is CCCc1nc(NC)cc(N2CC(C)OC(C)C2)n1. The maximum absolute atomic E-state index is 5.77. The summed E-state index contributed by atoms with van der Waals surface area (Å²) in [4.78, 5) is 11.5. The molecule has 1 N–H and O–H groups in total. The van der Waals surface area contributed by atoms with E-state index in [0.29, 0.717) is 0 Å². The van der Waals surface area contributed by atoms with Crippen LogP contribution in [0.4, 0.5) is 11.6 Å². The van der Waals surface area contributed by atoms with Crippen molar-refractivity contribution in [3.05, 3.63) is 11.9 Å². The molecule has 19 heavy (non-hydrogen) atoms. The molecule has 5 nitrogen and oxygen atoms in total. The molecule has 0 aliphatic carbocycles. The van der Waals surface area contributed by atoms with Gasteiger partial charge in [-0.05, 0) is 20.3 Å². The van der Waals surface area contributed by atoms with E-state index in [4.69, 9.17) is 4.74 Å². The number of aromatic nitrogens is 2. The van der Waals surface area contributed by atoms with Gasteiger partial charge in [-0.2, -0.15) is 0 Å². The molecule has 0 spiro atoms. The molecule has 1 aliphatic rings. The van der Waals surface area contributed by atoms with Crippen molar-refractivity contribution in [2.24, 2.45) is 0 Å². The first-order chi connectivity index (χ1) is 9.12. The van der Waals surface area contributed by atoms with Gasteiger partial charge in [0.25, 0.3) is 0 Å². The number of hydrogen-bond donors (Lipinski definition) is 1. The smallest absolute Gasteiger partial charge is 0.134 e. The Labute approximate surface area is 115 Å². The lowest BCUT2D eigenvalue weighted by Crippen LogP contribution is -2.46. The number of nitrogens with zero attached hydrogens (tertiary/aromatic N) is 3. The van der Waals surface area contributed by atoms with Crippen LogP contribution < -0.4 is 10.2 Å². The van der Waals surface area contributed by atoms with Gasteiger partial charge < -0.3 is 15.0 Å². The number of anilines is 2. The molecule has 0 bridgehead atoms. The normalized spacial score (nSPS) is 23.5. The van der Waals surface area contributed by atoms with Gasteiger partial charge in [0.1, 0.15) is 17.5 Å². The molecule has 1 saturated heterocycles. The molecular formula is C14H24N4O. The quantitative estimate of drug-likeness (QED) is 0.902. The summed E-state index contributed by atoms with van der Waals surface area (Å²) in [5.41, 5.74) is 0. The second-order valence-corrected chi connectivity index (χ2v) is 5.19. The zero-order valence-corrected chi connectivity index (χ0v) is 12.3. The number of hydrogen-bond acceptors (Lipinski definition) is 5. The van der Waals surface area contributed by atoms with Crippen LogP contribution in [0.25, 0.3) is 0 Å². The molecular weight excluding hydrogens is 240 g/mol. The van der Waals surface area contributed by atoms with Gasteiger partial charge in [0.2, 0.25) is 0 Å². The summed E-state index contributed by atoms with van der Waals surface area (Å²) >= 11 is 0. The van der Waals surface area contributed by atoms with Crippen LogP contribution in [0.15, 0.2) is 6.07 Å². The van der Waals surface area contributed by atoms with Crippen LogP contribution in [-0.2, 0) is 11.2 Å². The first-order valence-corrected chi connectivity index (χ1v) is 7.08. The lowest BCUT2D eigenvalue weighted by molar-refractivity contribution is -0.00547. The average molecular weight is 264 g/mol. The maximum atomic E-state index is 5.77. The van der Waals surface area contributed by atoms with E-state index < -0.39 is 0 Å². The molecule has 1 aromatic rings. The van der Waals surface area contributed by atoms with Crippen LogP contribution in [0.5, 0.6) is 0 Å². The zero-order chi connectivity index (χ0) is 13.8. The molecule has 2 unspecified atom stereocenters. The van der Waals surface area contributed by atoms with Gasteiger partial charge >= 0.3 is 0 Å². The zero-order valence-electron chi connectivity index (χ0n) is 12.3. The summed E-state index contributed by atoms with van der Waals surface area (Å²) < 4.78 is 5.77. The third kappa shape index (κ3) is 3.56. The summed E-state index contributed by atoms with van der Waals surface area (Å²) in [7, 11) is 1.90. The van der Waals surface area contributed by atoms with E-state index >= 15 is 0 Å². The third-order valence-corrected chi connectivity index (χ3v) is 3.23. The van der Waals surface area contributed by atoms with Crippen molar-refractivity contribution in [1.29, 1.82) is 0 Å². The molecule has 2 heterocycles. The fourth-order valence-electron chi connectivity index (χ4n) is 2.47. The van der Waals surface area contributed by atoms with E-state index in [-0.39, 0.29) is 12.2 Å². The van der Waals surface area contributed by atoms with Crippen LogP contribution in [0.3, 0.4) is 0 Å². The Morgan fingerprint density at radius 1 is 1.32 bits per heavy atom. The van der Waals surface area contributed by atoms with Crippen molar-refractivity contribution in [2.75, 3.05) is 30.4 Å². The van der Waals surface area contributed by atoms with Gasteiger partial charge in [-0.15, -0.1) is 0 Å². The van der Waals surface area contributed by atoms with Crippen molar-refractivity contribution in [2.45, 2.75) is 45.8 Å². The fourth-order valence-corrected chi connectivity index (χ4v) is 2.47. The minimum Gasteiger partial charge on any atom is -0.373 e. The van der Waals surface area contributed by atoms with Crippen molar-refractivity contribution >= 4 is 11.6 Å². The predicted molar refractivity (Wildman–Crippen MR) is 77.8 cm³/mol. The van der Waals surface area contributed by atoms with Crippen molar-refractivity contribution in [1.82, 2.24) is 9.97 Å². The Balaban J connectivity index is 2.24. The predicted octanol–water partition coefficient (Wildman–Crippen LogP) is 2.08. The maximum Gasteiger partial charge on any atom is 0.134 e. The van der Waals surface area contributed by atoms with Crippen LogP contribution in [0.2, 0.25) is 0 Å². The van der Waals surface area contributed by atoms with E-state index in [1.54, 1.807) is 0 Å². The van der Waals surface area contributed by atoms with E-state index in [1.165, 1.54) is 0 Å². The Kier molecular flexibility index (Phi) is 4.58. The van der Waals surface area contributed by atoms with Gasteiger partial charge in [-0.1, -0.05) is 6.92 Å². The second kappa shape index (κ2) is 6.19. The van der Waals surface area contributed by atoms with Crippen LogP contribution in [0, 0.1) is 0 Å². The van der Waals surface area contributed by atoms with E-state index in [0.717, 1.165) is 43.4 Å². The van der Waals surface area contributed by atoms with Crippen LogP contribution >= 0.6 is 0 Å². The molecule has 1 aliphatic heterocycles. The molecule has 1 aromatic heterocycles. The topological polar surface area (TPSA) is 50.3 Å². The molecule has 106 valence electrons. The van der Waals surface area contributed by atoms with Crippen LogP contribution in [-0.4, -0.2) is 42.3 Å². The highest BCUT2D eigenvalue weighted by Gasteiger charge is 2.23. The van der Waals surface area contributed by atoms with Gasteiger partial charge in [-0.25, -0.2) is 9.97 Å². The molecule has 0 saturated carbocycles. The number of nitrogens with one attached hydrogen (secondary N) is 1. The Hall–Kier alpha value is -1.36. The van der Waals surface area contributed by atoms with Gasteiger partial charge in [0, 0.05) is 32.6 Å². The summed E-state index contributed by atoms with van der Waals surface area (Å²) in [6, 6.07) is 2.02. The van der Waals surface area contributed by atoms with E-state index in [1.807, 2.05) is 13.1 Å². The van der Waals surface area contributed by atoms with Crippen molar-refractivity contribution < 1.29 is 4.74 Å². The summed E-state index contributed by atoms with van der Waals surface area (Å²) in [5, 5.41) is 3.12. The number of morpholine rings is 1. The molecule has 0 amide bonds. The highest BCUT2D eigenvalue weighted by Crippen LogP contribution is 2.21. The van der Waals surface area contributed by atoms with Crippen molar-refractivity contribution in [3.8, 4) is 0 Å². The molecule has 0 aromatic carbocycles. The van der Waals surface area contributed by atoms with Gasteiger partial charge in [0.15, 0.2) is 0 Å². The lowest BCUT2D eigenvalue weighted by Gasteiger charge is -2.36. The monoisotopic (exact) mass is 264 g/mol. The van der Waals surface area contributed by atoms with Crippen LogP contribution in [0.1, 0.15) is 33.0 Å². The summed E-state index contributed by atoms with van der Waals surface area (Å²) in [6.45, 7) is 8.13. The highest BCUT2D eigenvalue weighted by molar-refractivity contribution is 5.49. The number of rotatable bonds is 4. The Morgan fingerprint density at radius 3 is 2.58 bits per heavy atom. The Morgan fingerprint density at radius 2 is 2.00 bits per heavy atom. The first kappa shape index (κ1) is 14.1.